The number of carbonyl (C=O) groups is 2. The summed E-state index contributed by atoms with van der Waals surface area (Å²) in [5.74, 6) is -0.221. The van der Waals surface area contributed by atoms with Crippen LogP contribution < -0.4 is 16.4 Å². The van der Waals surface area contributed by atoms with Gasteiger partial charge in [0.1, 0.15) is 0 Å². The first-order chi connectivity index (χ1) is 20.5. The summed E-state index contributed by atoms with van der Waals surface area (Å²) in [4.78, 5) is 25.8. The van der Waals surface area contributed by atoms with Crippen LogP contribution in [0.5, 0.6) is 0 Å². The highest BCUT2D eigenvalue weighted by Crippen LogP contribution is 2.29. The zero-order valence-electron chi connectivity index (χ0n) is 27.1. The van der Waals surface area contributed by atoms with Gasteiger partial charge in [0, 0.05) is 51.3 Å². The summed E-state index contributed by atoms with van der Waals surface area (Å²) in [7, 11) is 3.69. The highest BCUT2D eigenvalue weighted by molar-refractivity contribution is 5.83. The Morgan fingerprint density at radius 3 is 2.51 bits per heavy atom. The zero-order valence-corrected chi connectivity index (χ0v) is 27.1. The number of rotatable bonds is 17. The molecule has 1 aromatic heterocycles. The molecule has 2 heterocycles. The maximum absolute atomic E-state index is 13.3. The number of aromatic nitrogens is 2. The van der Waals surface area contributed by atoms with Crippen LogP contribution in [-0.2, 0) is 39.0 Å². The Bertz CT molecular complexity index is 1160. The van der Waals surface area contributed by atoms with Crippen LogP contribution in [0.15, 0.2) is 18.2 Å². The average molecular weight is 602 g/mol. The van der Waals surface area contributed by atoms with Gasteiger partial charge >= 0.3 is 0 Å². The minimum Gasteiger partial charge on any atom is -0.391 e. The molecule has 10 heteroatoms. The van der Waals surface area contributed by atoms with Crippen LogP contribution in [0.1, 0.15) is 71.1 Å². The number of ether oxygens (including phenoxy) is 2. The summed E-state index contributed by atoms with van der Waals surface area (Å²) in [6.45, 7) is 10.2. The number of hydrogen-bond acceptors (Lipinski definition) is 7. The van der Waals surface area contributed by atoms with Crippen molar-refractivity contribution in [1.29, 1.82) is 0 Å². The van der Waals surface area contributed by atoms with Gasteiger partial charge in [0.05, 0.1) is 29.9 Å². The van der Waals surface area contributed by atoms with Gasteiger partial charge in [-0.25, -0.2) is 0 Å². The number of aryl methyl sites for hydroxylation is 2. The van der Waals surface area contributed by atoms with Crippen molar-refractivity contribution in [2.75, 3.05) is 33.5 Å². The second-order valence-corrected chi connectivity index (χ2v) is 12.9. The fraction of sp³-hybridized carbons (Fsp3) is 0.727. The number of nitrogens with one attached hydrogen (secondary N) is 2. The monoisotopic (exact) mass is 601 g/mol. The van der Waals surface area contributed by atoms with E-state index in [-0.39, 0.29) is 48.6 Å². The number of aliphatic hydroxyl groups is 1. The lowest BCUT2D eigenvalue weighted by Crippen LogP contribution is -2.50. The van der Waals surface area contributed by atoms with Gasteiger partial charge in [-0.05, 0) is 80.4 Å². The second-order valence-electron chi connectivity index (χ2n) is 12.9. The second kappa shape index (κ2) is 17.1. The van der Waals surface area contributed by atoms with Crippen LogP contribution in [0.3, 0.4) is 0 Å². The molecule has 1 aliphatic heterocycles. The third-order valence-corrected chi connectivity index (χ3v) is 8.95. The molecular weight excluding hydrogens is 546 g/mol. The Kier molecular flexibility index (Phi) is 13.9. The van der Waals surface area contributed by atoms with Gasteiger partial charge in [0.25, 0.3) is 0 Å². The molecule has 1 fully saturated rings. The van der Waals surface area contributed by atoms with Gasteiger partial charge in [-0.3, -0.25) is 14.3 Å². The molecular formula is C33H55N5O5. The number of aliphatic hydroxyl groups excluding tert-OH is 1. The lowest BCUT2D eigenvalue weighted by atomic mass is 9.80. The van der Waals surface area contributed by atoms with E-state index in [0.717, 1.165) is 48.7 Å². The Balaban J connectivity index is 1.77. The molecule has 10 nitrogen and oxygen atoms in total. The molecule has 0 saturated carbocycles. The summed E-state index contributed by atoms with van der Waals surface area (Å²) >= 11 is 0. The van der Waals surface area contributed by atoms with Gasteiger partial charge < -0.3 is 30.9 Å². The molecule has 43 heavy (non-hydrogen) atoms. The van der Waals surface area contributed by atoms with Crippen molar-refractivity contribution in [3.8, 4) is 0 Å². The lowest BCUT2D eigenvalue weighted by molar-refractivity contribution is -0.129. The van der Waals surface area contributed by atoms with Crippen molar-refractivity contribution in [2.24, 2.45) is 36.5 Å². The molecule has 242 valence electrons. The van der Waals surface area contributed by atoms with Crippen LogP contribution in [0.4, 0.5) is 0 Å². The summed E-state index contributed by atoms with van der Waals surface area (Å²) in [6.07, 6.45) is 4.08. The zero-order chi connectivity index (χ0) is 31.5. The summed E-state index contributed by atoms with van der Waals surface area (Å²) < 4.78 is 12.6. The Hall–Kier alpha value is -2.53. The first kappa shape index (κ1) is 35.0. The number of hydrogen-bond donors (Lipinski definition) is 4. The van der Waals surface area contributed by atoms with Gasteiger partial charge in [0.2, 0.25) is 11.8 Å². The van der Waals surface area contributed by atoms with E-state index in [1.807, 2.05) is 25.6 Å². The van der Waals surface area contributed by atoms with Crippen molar-refractivity contribution in [1.82, 2.24) is 20.4 Å². The molecule has 1 saturated heterocycles. The quantitative estimate of drug-likeness (QED) is 0.204. The summed E-state index contributed by atoms with van der Waals surface area (Å²) in [5.41, 5.74) is 9.03. The van der Waals surface area contributed by atoms with Gasteiger partial charge in [-0.1, -0.05) is 33.8 Å². The van der Waals surface area contributed by atoms with Crippen molar-refractivity contribution in [2.45, 2.75) is 90.8 Å². The van der Waals surface area contributed by atoms with E-state index in [0.29, 0.717) is 32.2 Å². The largest absolute Gasteiger partial charge is 0.391 e. The molecule has 1 aromatic carbocycles. The molecule has 1 aliphatic rings. The summed E-state index contributed by atoms with van der Waals surface area (Å²) in [6, 6.07) is 6.08. The SMILES string of the molecule is COCCCc1nn(C)c2ccc(C[C@@H](C[C@H](NC(=O)CN)[C@@H](O)C[C@H](C(=O)NC3CCOCC3)C(C)C)C(C)C)cc12. The molecule has 2 aromatic rings. The topological polar surface area (TPSA) is 141 Å². The van der Waals surface area contributed by atoms with E-state index < -0.39 is 12.1 Å². The third kappa shape index (κ3) is 10.3. The minimum atomic E-state index is -0.891. The Morgan fingerprint density at radius 2 is 1.88 bits per heavy atom. The molecule has 4 atom stereocenters. The van der Waals surface area contributed by atoms with Crippen LogP contribution >= 0.6 is 0 Å². The first-order valence-electron chi connectivity index (χ1n) is 16.0. The van der Waals surface area contributed by atoms with E-state index in [9.17, 15) is 14.7 Å². The predicted molar refractivity (Wildman–Crippen MR) is 169 cm³/mol. The number of amides is 2. The number of nitrogens with zero attached hydrogens (tertiary/aromatic N) is 2. The van der Waals surface area contributed by atoms with Gasteiger partial charge in [-0.15, -0.1) is 0 Å². The van der Waals surface area contributed by atoms with Crippen LogP contribution in [0.2, 0.25) is 0 Å². The molecule has 0 unspecified atom stereocenters. The number of benzene rings is 1. The fourth-order valence-electron chi connectivity index (χ4n) is 6.14. The van der Waals surface area contributed by atoms with E-state index >= 15 is 0 Å². The van der Waals surface area contributed by atoms with Crippen molar-refractivity contribution in [3.05, 3.63) is 29.5 Å². The minimum absolute atomic E-state index is 0.0329. The van der Waals surface area contributed by atoms with Crippen LogP contribution in [0.25, 0.3) is 10.9 Å². The molecule has 3 rings (SSSR count). The molecule has 2 amide bonds. The smallest absolute Gasteiger partial charge is 0.234 e. The number of carbonyl (C=O) groups excluding carboxylic acids is 2. The van der Waals surface area contributed by atoms with Crippen LogP contribution in [0, 0.1) is 23.7 Å². The fourth-order valence-corrected chi connectivity index (χ4v) is 6.14. The average Bonchev–Trinajstić information content (AvgIpc) is 3.29. The van der Waals surface area contributed by atoms with E-state index in [4.69, 9.17) is 20.3 Å². The number of nitrogens with two attached hydrogens (primary N) is 1. The highest BCUT2D eigenvalue weighted by atomic mass is 16.5. The Morgan fingerprint density at radius 1 is 1.16 bits per heavy atom. The molecule has 0 aliphatic carbocycles. The summed E-state index contributed by atoms with van der Waals surface area (Å²) in [5, 5.41) is 23.6. The van der Waals surface area contributed by atoms with Crippen molar-refractivity contribution >= 4 is 22.7 Å². The lowest BCUT2D eigenvalue weighted by Gasteiger charge is -2.33. The first-order valence-corrected chi connectivity index (χ1v) is 16.0. The number of methoxy groups -OCH3 is 1. The van der Waals surface area contributed by atoms with E-state index in [2.05, 4.69) is 42.7 Å². The van der Waals surface area contributed by atoms with E-state index in [1.54, 1.807) is 7.11 Å². The highest BCUT2D eigenvalue weighted by Gasteiger charge is 2.33. The number of fused-ring (bicyclic) bond motifs is 1. The van der Waals surface area contributed by atoms with E-state index in [1.165, 1.54) is 5.56 Å². The maximum atomic E-state index is 13.3. The van der Waals surface area contributed by atoms with Crippen molar-refractivity contribution < 1.29 is 24.2 Å². The maximum Gasteiger partial charge on any atom is 0.234 e. The molecule has 0 radical (unpaired) electrons. The van der Waals surface area contributed by atoms with Crippen molar-refractivity contribution in [3.63, 3.8) is 0 Å². The standard InChI is InChI=1S/C33H55N5O5/c1-21(2)24(16-23-9-10-30-27(17-23)28(37-38(30)5)8-7-13-42-6)18-29(36-32(40)20-34)31(39)19-26(22(3)4)33(41)35-25-11-14-43-15-12-25/h9-10,17,21-22,24-26,29,31,39H,7-8,11-16,18-20,34H2,1-6H3,(H,35,41)(H,36,40)/t24-,26-,29-,31-/m0/s1. The van der Waals surface area contributed by atoms with Crippen LogP contribution in [-0.4, -0.2) is 78.4 Å². The van der Waals surface area contributed by atoms with Gasteiger partial charge in [-0.2, -0.15) is 5.10 Å². The molecule has 5 N–H and O–H groups in total. The molecule has 0 spiro atoms. The normalized spacial score (nSPS) is 17.3. The van der Waals surface area contributed by atoms with Gasteiger partial charge in [0.15, 0.2) is 0 Å². The predicted octanol–water partition coefficient (Wildman–Crippen LogP) is 3.12. The Labute approximate surface area is 257 Å². The molecule has 0 bridgehead atoms. The third-order valence-electron chi connectivity index (χ3n) is 8.95.